The van der Waals surface area contributed by atoms with Gasteiger partial charge in [0.25, 0.3) is 0 Å². The van der Waals surface area contributed by atoms with Crippen LogP contribution in [-0.2, 0) is 0 Å². The Bertz CT molecular complexity index is 820. The first-order valence-corrected chi connectivity index (χ1v) is 8.81. The molecule has 138 valence electrons. The summed E-state index contributed by atoms with van der Waals surface area (Å²) in [4.78, 5) is 0. The molecule has 2 aliphatic rings. The summed E-state index contributed by atoms with van der Waals surface area (Å²) in [6.07, 6.45) is -1.26. The Morgan fingerprint density at radius 1 is 0.808 bits per heavy atom. The second-order valence-corrected chi connectivity index (χ2v) is 7.85. The highest BCUT2D eigenvalue weighted by molar-refractivity contribution is 5.55. The third-order valence-corrected chi connectivity index (χ3v) is 6.49. The van der Waals surface area contributed by atoms with Gasteiger partial charge < -0.3 is 25.5 Å². The second kappa shape index (κ2) is 5.38. The summed E-state index contributed by atoms with van der Waals surface area (Å²) < 4.78 is 0. The molecule has 0 saturated heterocycles. The fourth-order valence-electron chi connectivity index (χ4n) is 5.07. The molecule has 3 unspecified atom stereocenters. The van der Waals surface area contributed by atoms with Crippen molar-refractivity contribution in [3.05, 3.63) is 70.8 Å². The Kier molecular flexibility index (Phi) is 3.65. The summed E-state index contributed by atoms with van der Waals surface area (Å²) in [6.45, 7) is 3.12. The Morgan fingerprint density at radius 3 is 1.73 bits per heavy atom. The molecular formula is C21H24O5. The maximum atomic E-state index is 11.3. The predicted octanol–water partition coefficient (Wildman–Crippen LogP) is 0.745. The van der Waals surface area contributed by atoms with Crippen molar-refractivity contribution in [1.29, 1.82) is 0 Å². The van der Waals surface area contributed by atoms with Crippen molar-refractivity contribution in [2.24, 2.45) is 0 Å². The molecule has 4 rings (SSSR count). The molecule has 0 spiro atoms. The first-order valence-electron chi connectivity index (χ1n) is 8.81. The van der Waals surface area contributed by atoms with E-state index in [1.807, 2.05) is 38.1 Å². The van der Waals surface area contributed by atoms with E-state index in [9.17, 15) is 25.5 Å². The molecule has 0 bridgehead atoms. The fourth-order valence-corrected chi connectivity index (χ4v) is 5.07. The van der Waals surface area contributed by atoms with Gasteiger partial charge in [-0.3, -0.25) is 0 Å². The third kappa shape index (κ3) is 1.77. The lowest BCUT2D eigenvalue weighted by atomic mass is 9.31. The van der Waals surface area contributed by atoms with Gasteiger partial charge in [0.15, 0.2) is 0 Å². The zero-order valence-electron chi connectivity index (χ0n) is 14.8. The quantitative estimate of drug-likeness (QED) is 0.559. The van der Waals surface area contributed by atoms with Crippen LogP contribution in [0.4, 0.5) is 0 Å². The number of aliphatic hydroxyl groups excluding tert-OH is 2. The van der Waals surface area contributed by atoms with Crippen LogP contribution in [-0.4, -0.2) is 55.0 Å². The monoisotopic (exact) mass is 356 g/mol. The summed E-state index contributed by atoms with van der Waals surface area (Å²) in [5.41, 5.74) is -2.69. The molecule has 2 fully saturated rings. The standard InChI is InChI=1S/C21H24O5/c1-12-3-7-14(8-4-12)16-18(23)20(25)17(15-9-5-13(2)6-10-15)19(24,11-22)21(16,20)26/h3-10,16-18,22-26H,11H2,1-2H3/t16?,17?,18?,19-,20-,21-/m0/s1. The van der Waals surface area contributed by atoms with Gasteiger partial charge in [-0.1, -0.05) is 59.7 Å². The summed E-state index contributed by atoms with van der Waals surface area (Å²) in [5, 5.41) is 54.3. The highest BCUT2D eigenvalue weighted by Gasteiger charge is 2.92. The third-order valence-electron chi connectivity index (χ3n) is 6.49. The number of hydrogen-bond donors (Lipinski definition) is 5. The van der Waals surface area contributed by atoms with Gasteiger partial charge in [0.05, 0.1) is 18.6 Å². The van der Waals surface area contributed by atoms with Crippen molar-refractivity contribution < 1.29 is 25.5 Å². The first-order chi connectivity index (χ1) is 12.2. The Morgan fingerprint density at radius 2 is 1.27 bits per heavy atom. The van der Waals surface area contributed by atoms with Gasteiger partial charge in [-0.15, -0.1) is 0 Å². The van der Waals surface area contributed by atoms with Crippen molar-refractivity contribution >= 4 is 0 Å². The van der Waals surface area contributed by atoms with Crippen molar-refractivity contribution in [3.8, 4) is 0 Å². The first kappa shape index (κ1) is 17.6. The Balaban J connectivity index is 1.79. The maximum Gasteiger partial charge on any atom is 0.137 e. The average Bonchev–Trinajstić information content (AvgIpc) is 2.64. The SMILES string of the molecule is Cc1ccc(C2C(O)[C@@]3(O)C(c4ccc(C)cc4)[C@@](O)(CO)[C@@]23O)cc1. The van der Waals surface area contributed by atoms with Crippen LogP contribution in [0.1, 0.15) is 34.1 Å². The number of aliphatic hydroxyl groups is 5. The van der Waals surface area contributed by atoms with Crippen molar-refractivity contribution in [3.63, 3.8) is 0 Å². The fraction of sp³-hybridized carbons (Fsp3) is 0.429. The van der Waals surface area contributed by atoms with Crippen LogP contribution in [0.15, 0.2) is 48.5 Å². The molecule has 5 heteroatoms. The number of benzene rings is 2. The molecule has 5 nitrogen and oxygen atoms in total. The highest BCUT2D eigenvalue weighted by Crippen LogP contribution is 2.74. The number of aryl methyl sites for hydroxylation is 2. The molecule has 0 amide bonds. The van der Waals surface area contributed by atoms with E-state index >= 15 is 0 Å². The molecular weight excluding hydrogens is 332 g/mol. The van der Waals surface area contributed by atoms with E-state index in [4.69, 9.17) is 0 Å². The summed E-state index contributed by atoms with van der Waals surface area (Å²) in [7, 11) is 0. The summed E-state index contributed by atoms with van der Waals surface area (Å²) >= 11 is 0. The average molecular weight is 356 g/mol. The van der Waals surface area contributed by atoms with Crippen LogP contribution in [0.3, 0.4) is 0 Å². The van der Waals surface area contributed by atoms with Crippen LogP contribution in [0.25, 0.3) is 0 Å². The van der Waals surface area contributed by atoms with Crippen molar-refractivity contribution in [2.45, 2.75) is 48.6 Å². The van der Waals surface area contributed by atoms with Crippen molar-refractivity contribution in [2.75, 3.05) is 6.61 Å². The predicted molar refractivity (Wildman–Crippen MR) is 95.8 cm³/mol. The van der Waals surface area contributed by atoms with Crippen LogP contribution < -0.4 is 0 Å². The molecule has 2 aliphatic carbocycles. The molecule has 2 aromatic carbocycles. The van der Waals surface area contributed by atoms with Gasteiger partial charge in [-0.25, -0.2) is 0 Å². The van der Waals surface area contributed by atoms with Crippen molar-refractivity contribution in [1.82, 2.24) is 0 Å². The molecule has 2 saturated carbocycles. The molecule has 0 radical (unpaired) electrons. The molecule has 26 heavy (non-hydrogen) atoms. The molecule has 5 N–H and O–H groups in total. The van der Waals surface area contributed by atoms with Crippen LogP contribution in [0, 0.1) is 13.8 Å². The van der Waals surface area contributed by atoms with Crippen LogP contribution in [0.5, 0.6) is 0 Å². The lowest BCUT2D eigenvalue weighted by Crippen LogP contribution is -2.98. The Hall–Kier alpha value is -1.76. The topological polar surface area (TPSA) is 101 Å². The van der Waals surface area contributed by atoms with Gasteiger partial charge in [0, 0.05) is 5.92 Å². The number of fused-ring (bicyclic) bond motifs is 1. The second-order valence-electron chi connectivity index (χ2n) is 7.85. The Labute approximate surface area is 152 Å². The minimum absolute atomic E-state index is 0.570. The number of hydrogen-bond acceptors (Lipinski definition) is 5. The van der Waals surface area contributed by atoms with E-state index in [0.717, 1.165) is 11.1 Å². The molecule has 2 aromatic rings. The maximum absolute atomic E-state index is 11.3. The van der Waals surface area contributed by atoms with E-state index in [1.165, 1.54) is 0 Å². The smallest absolute Gasteiger partial charge is 0.137 e. The summed E-state index contributed by atoms with van der Waals surface area (Å²) in [6, 6.07) is 14.4. The molecule has 6 atom stereocenters. The molecule has 0 aliphatic heterocycles. The molecule has 0 aromatic heterocycles. The zero-order valence-corrected chi connectivity index (χ0v) is 14.8. The normalized spacial score (nSPS) is 41.1. The lowest BCUT2D eigenvalue weighted by Gasteiger charge is -2.79. The summed E-state index contributed by atoms with van der Waals surface area (Å²) in [5.74, 6) is -1.87. The minimum Gasteiger partial charge on any atom is -0.393 e. The van der Waals surface area contributed by atoms with Gasteiger partial charge >= 0.3 is 0 Å². The lowest BCUT2D eigenvalue weighted by molar-refractivity contribution is -0.448. The highest BCUT2D eigenvalue weighted by atomic mass is 16.4. The van der Waals surface area contributed by atoms with Crippen LogP contribution >= 0.6 is 0 Å². The van der Waals surface area contributed by atoms with Crippen LogP contribution in [0.2, 0.25) is 0 Å². The minimum atomic E-state index is -2.03. The largest absolute Gasteiger partial charge is 0.393 e. The van der Waals surface area contributed by atoms with Gasteiger partial charge in [0.1, 0.15) is 16.8 Å². The van der Waals surface area contributed by atoms with E-state index in [-0.39, 0.29) is 0 Å². The van der Waals surface area contributed by atoms with E-state index in [2.05, 4.69) is 0 Å². The van der Waals surface area contributed by atoms with Gasteiger partial charge in [-0.05, 0) is 25.0 Å². The van der Waals surface area contributed by atoms with E-state index < -0.39 is 41.3 Å². The molecule has 0 heterocycles. The zero-order chi connectivity index (χ0) is 18.9. The van der Waals surface area contributed by atoms with Gasteiger partial charge in [0.2, 0.25) is 0 Å². The van der Waals surface area contributed by atoms with Gasteiger partial charge in [-0.2, -0.15) is 0 Å². The van der Waals surface area contributed by atoms with E-state index in [1.54, 1.807) is 24.3 Å². The van der Waals surface area contributed by atoms with E-state index in [0.29, 0.717) is 11.1 Å². The number of rotatable bonds is 3.